The van der Waals surface area contributed by atoms with Crippen LogP contribution in [-0.2, 0) is 11.3 Å². The summed E-state index contributed by atoms with van der Waals surface area (Å²) in [4.78, 5) is 29.3. The number of nitrogens with one attached hydrogen (secondary N) is 1. The fraction of sp³-hybridized carbons (Fsp3) is 0.238. The van der Waals surface area contributed by atoms with E-state index in [9.17, 15) is 22.8 Å². The molecule has 5 nitrogen and oxygen atoms in total. The van der Waals surface area contributed by atoms with Gasteiger partial charge in [0.25, 0.3) is 11.5 Å². The van der Waals surface area contributed by atoms with Crippen LogP contribution in [0.15, 0.2) is 35.1 Å². The van der Waals surface area contributed by atoms with E-state index in [1.165, 1.54) is 23.1 Å². The number of hydrogen-bond donors (Lipinski definition) is 1. The third-order valence-corrected chi connectivity index (χ3v) is 5.23. The Bertz CT molecular complexity index is 1210. The first-order chi connectivity index (χ1) is 13.8. The number of ether oxygens (including phenoxy) is 1. The van der Waals surface area contributed by atoms with Crippen molar-refractivity contribution in [2.45, 2.75) is 19.6 Å². The third-order valence-electron chi connectivity index (χ3n) is 5.23. The smallest absolute Gasteiger partial charge is 0.256 e. The number of halogens is 3. The minimum Gasteiger partial charge on any atom is -0.373 e. The molecule has 8 heteroatoms. The number of nitrogens with zero attached hydrogens (tertiary/aromatic N) is 1. The Balaban J connectivity index is 1.84. The monoisotopic (exact) mass is 402 g/mol. The quantitative estimate of drug-likeness (QED) is 0.713. The Labute approximate surface area is 163 Å². The Hall–Kier alpha value is -3.13. The lowest BCUT2D eigenvalue weighted by molar-refractivity contribution is 0.0335. The molecule has 0 saturated heterocycles. The van der Waals surface area contributed by atoms with Crippen LogP contribution in [0.5, 0.6) is 0 Å². The van der Waals surface area contributed by atoms with Gasteiger partial charge in [0.1, 0.15) is 5.82 Å². The molecule has 29 heavy (non-hydrogen) atoms. The fourth-order valence-electron chi connectivity index (χ4n) is 3.67. The second kappa shape index (κ2) is 7.04. The number of hydrogen-bond acceptors (Lipinski definition) is 3. The molecule has 0 aliphatic carbocycles. The van der Waals surface area contributed by atoms with E-state index in [1.807, 2.05) is 0 Å². The highest BCUT2D eigenvalue weighted by atomic mass is 19.2. The first kappa shape index (κ1) is 19.2. The average Bonchev–Trinajstić information content (AvgIpc) is 2.70. The third kappa shape index (κ3) is 3.19. The van der Waals surface area contributed by atoms with E-state index in [2.05, 4.69) is 4.98 Å². The number of aromatic amines is 1. The molecule has 150 valence electrons. The van der Waals surface area contributed by atoms with E-state index in [0.29, 0.717) is 16.8 Å². The van der Waals surface area contributed by atoms with Gasteiger partial charge in [0, 0.05) is 23.9 Å². The van der Waals surface area contributed by atoms with E-state index in [-0.39, 0.29) is 29.5 Å². The van der Waals surface area contributed by atoms with Crippen molar-refractivity contribution >= 4 is 16.7 Å². The van der Waals surface area contributed by atoms with Crippen molar-refractivity contribution in [3.8, 4) is 0 Å². The van der Waals surface area contributed by atoms with Crippen molar-refractivity contribution in [3.05, 3.63) is 80.5 Å². The van der Waals surface area contributed by atoms with Gasteiger partial charge in [0.05, 0.1) is 24.6 Å². The molecule has 2 heterocycles. The summed E-state index contributed by atoms with van der Waals surface area (Å²) < 4.78 is 46.7. The van der Waals surface area contributed by atoms with Gasteiger partial charge in [0.2, 0.25) is 0 Å². The zero-order valence-electron chi connectivity index (χ0n) is 15.7. The number of aromatic nitrogens is 1. The Kier molecular flexibility index (Phi) is 4.66. The van der Waals surface area contributed by atoms with Crippen molar-refractivity contribution < 1.29 is 22.7 Å². The van der Waals surface area contributed by atoms with Crippen molar-refractivity contribution in [2.75, 3.05) is 13.7 Å². The van der Waals surface area contributed by atoms with Crippen molar-refractivity contribution in [2.24, 2.45) is 0 Å². The van der Waals surface area contributed by atoms with Crippen LogP contribution in [0.4, 0.5) is 13.2 Å². The van der Waals surface area contributed by atoms with E-state index in [0.717, 1.165) is 12.1 Å². The van der Waals surface area contributed by atoms with Gasteiger partial charge in [-0.15, -0.1) is 0 Å². The Morgan fingerprint density at radius 2 is 1.79 bits per heavy atom. The molecule has 1 aliphatic heterocycles. The number of fused-ring (bicyclic) bond motifs is 3. The van der Waals surface area contributed by atoms with E-state index in [1.54, 1.807) is 14.0 Å². The van der Waals surface area contributed by atoms with Crippen LogP contribution in [0, 0.1) is 24.4 Å². The normalized spacial score (nSPS) is 16.0. The van der Waals surface area contributed by atoms with Crippen LogP contribution in [0.1, 0.15) is 33.2 Å². The summed E-state index contributed by atoms with van der Waals surface area (Å²) in [5.74, 6) is -3.02. The predicted octanol–water partition coefficient (Wildman–Crippen LogP) is 3.60. The van der Waals surface area contributed by atoms with Gasteiger partial charge in [-0.3, -0.25) is 9.59 Å². The maximum Gasteiger partial charge on any atom is 0.256 e. The number of aryl methyl sites for hydroxylation is 1. The molecule has 1 amide bonds. The summed E-state index contributed by atoms with van der Waals surface area (Å²) in [6.07, 6.45) is 0. The lowest BCUT2D eigenvalue weighted by atomic mass is 9.95. The molecule has 0 radical (unpaired) electrons. The van der Waals surface area contributed by atoms with Crippen LogP contribution in [-0.4, -0.2) is 29.4 Å². The van der Waals surface area contributed by atoms with E-state index >= 15 is 0 Å². The lowest BCUT2D eigenvalue weighted by Crippen LogP contribution is -2.37. The molecule has 0 saturated carbocycles. The van der Waals surface area contributed by atoms with Crippen LogP contribution >= 0.6 is 0 Å². The number of carbonyl (C=O) groups is 1. The fourth-order valence-corrected chi connectivity index (χ4v) is 3.67. The minimum absolute atomic E-state index is 0.00646. The second-order valence-corrected chi connectivity index (χ2v) is 7.07. The van der Waals surface area contributed by atoms with E-state index < -0.39 is 35.0 Å². The standard InChI is InChI=1S/C21H17F3N2O3/c1-10-5-11(3-4-14(10)22)21(28)26(2)18-9-29-8-17-19(18)12-6-15(23)16(24)7-13(12)20(27)25-17/h3-7,18H,8-9H2,1-2H3,(H,25,27)/t18-/m1/s1. The average molecular weight is 402 g/mol. The second-order valence-electron chi connectivity index (χ2n) is 7.07. The van der Waals surface area contributed by atoms with Gasteiger partial charge < -0.3 is 14.6 Å². The number of benzene rings is 2. The Morgan fingerprint density at radius 1 is 1.10 bits per heavy atom. The molecule has 0 fully saturated rings. The summed E-state index contributed by atoms with van der Waals surface area (Å²) in [7, 11) is 1.54. The topological polar surface area (TPSA) is 62.4 Å². The molecule has 0 unspecified atom stereocenters. The number of carbonyl (C=O) groups excluding carboxylic acids is 1. The summed E-state index contributed by atoms with van der Waals surface area (Å²) in [6.45, 7) is 1.74. The van der Waals surface area contributed by atoms with Gasteiger partial charge in [-0.2, -0.15) is 0 Å². The molecule has 1 aromatic heterocycles. The van der Waals surface area contributed by atoms with Crippen LogP contribution < -0.4 is 5.56 Å². The molecule has 4 rings (SSSR count). The molecule has 2 aromatic carbocycles. The Morgan fingerprint density at radius 3 is 2.48 bits per heavy atom. The van der Waals surface area contributed by atoms with Crippen molar-refractivity contribution in [3.63, 3.8) is 0 Å². The molecule has 0 bridgehead atoms. The van der Waals surface area contributed by atoms with Gasteiger partial charge in [-0.1, -0.05) is 0 Å². The first-order valence-electron chi connectivity index (χ1n) is 8.92. The van der Waals surface area contributed by atoms with Crippen LogP contribution in [0.2, 0.25) is 0 Å². The van der Waals surface area contributed by atoms with E-state index in [4.69, 9.17) is 4.74 Å². The van der Waals surface area contributed by atoms with Crippen LogP contribution in [0.3, 0.4) is 0 Å². The predicted molar refractivity (Wildman–Crippen MR) is 100 cm³/mol. The molecular formula is C21H17F3N2O3. The number of rotatable bonds is 2. The highest BCUT2D eigenvalue weighted by Gasteiger charge is 2.31. The highest BCUT2D eigenvalue weighted by Crippen LogP contribution is 2.34. The summed E-state index contributed by atoms with van der Waals surface area (Å²) in [5, 5.41) is 0.221. The molecule has 1 atom stereocenters. The number of pyridine rings is 1. The summed E-state index contributed by atoms with van der Waals surface area (Å²) in [5.41, 5.74) is 0.950. The maximum atomic E-state index is 13.9. The number of amides is 1. The van der Waals surface area contributed by atoms with Gasteiger partial charge >= 0.3 is 0 Å². The van der Waals surface area contributed by atoms with Crippen molar-refractivity contribution in [1.82, 2.24) is 9.88 Å². The van der Waals surface area contributed by atoms with Gasteiger partial charge in [-0.05, 0) is 48.2 Å². The van der Waals surface area contributed by atoms with Crippen LogP contribution in [0.25, 0.3) is 10.8 Å². The SMILES string of the molecule is Cc1cc(C(=O)N(C)[C@@H]2COCc3[nH]c(=O)c4cc(F)c(F)cc4c32)ccc1F. The van der Waals surface area contributed by atoms with Gasteiger partial charge in [-0.25, -0.2) is 13.2 Å². The molecule has 0 spiro atoms. The number of likely N-dealkylation sites (N-methyl/N-ethyl adjacent to an activating group) is 1. The zero-order chi connectivity index (χ0) is 20.9. The first-order valence-corrected chi connectivity index (χ1v) is 8.92. The number of H-pyrrole nitrogens is 1. The molecular weight excluding hydrogens is 385 g/mol. The summed E-state index contributed by atoms with van der Waals surface area (Å²) >= 11 is 0. The molecule has 1 aliphatic rings. The maximum absolute atomic E-state index is 13.9. The largest absolute Gasteiger partial charge is 0.373 e. The molecule has 3 aromatic rings. The highest BCUT2D eigenvalue weighted by molar-refractivity contribution is 5.95. The zero-order valence-corrected chi connectivity index (χ0v) is 15.7. The molecule has 1 N–H and O–H groups in total. The minimum atomic E-state index is -1.13. The van der Waals surface area contributed by atoms with Gasteiger partial charge in [0.15, 0.2) is 11.6 Å². The summed E-state index contributed by atoms with van der Waals surface area (Å²) in [6, 6.07) is 5.21. The van der Waals surface area contributed by atoms with Crippen molar-refractivity contribution in [1.29, 1.82) is 0 Å². The lowest BCUT2D eigenvalue weighted by Gasteiger charge is -2.34.